The van der Waals surface area contributed by atoms with Gasteiger partial charge in [0.25, 0.3) is 0 Å². The van der Waals surface area contributed by atoms with E-state index in [-0.39, 0.29) is 0 Å². The van der Waals surface area contributed by atoms with Crippen LogP contribution in [-0.4, -0.2) is 24.7 Å². The molecule has 0 aliphatic heterocycles. The molecule has 0 aliphatic carbocycles. The van der Waals surface area contributed by atoms with Crippen molar-refractivity contribution >= 4 is 5.69 Å². The lowest BCUT2D eigenvalue weighted by Crippen LogP contribution is -1.99. The van der Waals surface area contributed by atoms with Crippen LogP contribution in [0.15, 0.2) is 49.3 Å². The highest BCUT2D eigenvalue weighted by Gasteiger charge is 2.03. The van der Waals surface area contributed by atoms with Gasteiger partial charge in [-0.3, -0.25) is 0 Å². The number of anilines is 1. The van der Waals surface area contributed by atoms with Crippen LogP contribution in [0.5, 0.6) is 11.6 Å². The topological polar surface area (TPSA) is 91.7 Å². The standard InChI is InChI=1S/C12H10N6O/c13-9-1-3-10(4-2-9)19-12-5-11(15-7-16-12)18-8-14-6-17-18/h1-8H,13H2. The van der Waals surface area contributed by atoms with Crippen LogP contribution in [0.3, 0.4) is 0 Å². The van der Waals surface area contributed by atoms with E-state index in [4.69, 9.17) is 10.5 Å². The molecule has 0 atom stereocenters. The summed E-state index contributed by atoms with van der Waals surface area (Å²) in [6, 6.07) is 8.73. The summed E-state index contributed by atoms with van der Waals surface area (Å²) in [4.78, 5) is 12.0. The largest absolute Gasteiger partial charge is 0.439 e. The first kappa shape index (κ1) is 11.1. The van der Waals surface area contributed by atoms with E-state index in [1.807, 2.05) is 0 Å². The van der Waals surface area contributed by atoms with Gasteiger partial charge in [0.1, 0.15) is 24.7 Å². The molecular formula is C12H10N6O. The molecule has 3 rings (SSSR count). The third kappa shape index (κ3) is 2.49. The lowest BCUT2D eigenvalue weighted by atomic mass is 10.3. The summed E-state index contributed by atoms with van der Waals surface area (Å²) in [7, 11) is 0. The highest BCUT2D eigenvalue weighted by molar-refractivity contribution is 5.42. The van der Waals surface area contributed by atoms with Crippen LogP contribution in [0.2, 0.25) is 0 Å². The number of nitrogens with two attached hydrogens (primary N) is 1. The van der Waals surface area contributed by atoms with Gasteiger partial charge < -0.3 is 10.5 Å². The van der Waals surface area contributed by atoms with Crippen LogP contribution < -0.4 is 10.5 Å². The van der Waals surface area contributed by atoms with E-state index in [0.29, 0.717) is 23.1 Å². The van der Waals surface area contributed by atoms with Crippen molar-refractivity contribution in [3.05, 3.63) is 49.3 Å². The molecule has 1 aromatic carbocycles. The van der Waals surface area contributed by atoms with Crippen LogP contribution >= 0.6 is 0 Å². The molecule has 2 aromatic heterocycles. The SMILES string of the molecule is Nc1ccc(Oc2cc(-n3cncn3)ncn2)cc1. The van der Waals surface area contributed by atoms with Gasteiger partial charge in [0.15, 0.2) is 5.82 Å². The van der Waals surface area contributed by atoms with E-state index in [1.165, 1.54) is 17.3 Å². The summed E-state index contributed by atoms with van der Waals surface area (Å²) in [5.41, 5.74) is 6.29. The molecule has 0 spiro atoms. The Morgan fingerprint density at radius 1 is 1.05 bits per heavy atom. The molecule has 0 saturated carbocycles. The predicted octanol–water partition coefficient (Wildman–Crippen LogP) is 1.43. The highest BCUT2D eigenvalue weighted by Crippen LogP contribution is 2.20. The minimum absolute atomic E-state index is 0.422. The number of benzene rings is 1. The third-order valence-electron chi connectivity index (χ3n) is 2.38. The normalized spacial score (nSPS) is 10.3. The Morgan fingerprint density at radius 3 is 2.63 bits per heavy atom. The Hall–Kier alpha value is -2.96. The average molecular weight is 254 g/mol. The van der Waals surface area contributed by atoms with Gasteiger partial charge in [0.05, 0.1) is 0 Å². The fourth-order valence-electron chi connectivity index (χ4n) is 1.49. The van der Waals surface area contributed by atoms with Crippen LogP contribution in [0.1, 0.15) is 0 Å². The molecule has 2 N–H and O–H groups in total. The molecule has 3 aromatic rings. The molecule has 2 heterocycles. The lowest BCUT2D eigenvalue weighted by Gasteiger charge is -2.05. The number of hydrogen-bond donors (Lipinski definition) is 1. The minimum Gasteiger partial charge on any atom is -0.439 e. The molecule has 7 heteroatoms. The second-order valence-corrected chi connectivity index (χ2v) is 3.73. The van der Waals surface area contributed by atoms with E-state index in [1.54, 1.807) is 36.7 Å². The second-order valence-electron chi connectivity index (χ2n) is 3.73. The molecule has 0 amide bonds. The third-order valence-corrected chi connectivity index (χ3v) is 2.38. The Kier molecular flexibility index (Phi) is 2.77. The Morgan fingerprint density at radius 2 is 1.89 bits per heavy atom. The van der Waals surface area contributed by atoms with Crippen molar-refractivity contribution in [2.45, 2.75) is 0 Å². The smallest absolute Gasteiger partial charge is 0.224 e. The Balaban J connectivity index is 1.85. The van der Waals surface area contributed by atoms with Crippen molar-refractivity contribution in [1.29, 1.82) is 0 Å². The zero-order valence-electron chi connectivity index (χ0n) is 9.84. The first-order valence-electron chi connectivity index (χ1n) is 5.52. The molecule has 0 unspecified atom stereocenters. The van der Waals surface area contributed by atoms with Gasteiger partial charge in [-0.1, -0.05) is 0 Å². The Bertz CT molecular complexity index is 665. The number of nitrogen functional groups attached to an aromatic ring is 1. The van der Waals surface area contributed by atoms with E-state index in [9.17, 15) is 0 Å². The number of nitrogens with zero attached hydrogens (tertiary/aromatic N) is 5. The molecule has 7 nitrogen and oxygen atoms in total. The molecule has 19 heavy (non-hydrogen) atoms. The molecule has 94 valence electrons. The maximum atomic E-state index is 5.61. The number of hydrogen-bond acceptors (Lipinski definition) is 6. The molecular weight excluding hydrogens is 244 g/mol. The summed E-state index contributed by atoms with van der Waals surface area (Å²) >= 11 is 0. The van der Waals surface area contributed by atoms with Gasteiger partial charge in [-0.25, -0.2) is 19.6 Å². The van der Waals surface area contributed by atoms with E-state index < -0.39 is 0 Å². The van der Waals surface area contributed by atoms with Gasteiger partial charge >= 0.3 is 0 Å². The lowest BCUT2D eigenvalue weighted by molar-refractivity contribution is 0.460. The monoisotopic (exact) mass is 254 g/mol. The van der Waals surface area contributed by atoms with Crippen LogP contribution in [0, 0.1) is 0 Å². The van der Waals surface area contributed by atoms with Gasteiger partial charge in [-0.05, 0) is 24.3 Å². The van der Waals surface area contributed by atoms with Crippen LogP contribution in [0.25, 0.3) is 5.82 Å². The molecule has 0 radical (unpaired) electrons. The van der Waals surface area contributed by atoms with Crippen molar-refractivity contribution in [3.63, 3.8) is 0 Å². The van der Waals surface area contributed by atoms with Crippen molar-refractivity contribution in [2.24, 2.45) is 0 Å². The fourth-order valence-corrected chi connectivity index (χ4v) is 1.49. The summed E-state index contributed by atoms with van der Waals surface area (Å²) in [6.07, 6.45) is 4.39. The van der Waals surface area contributed by atoms with Crippen LogP contribution in [-0.2, 0) is 0 Å². The predicted molar refractivity (Wildman–Crippen MR) is 67.9 cm³/mol. The van der Waals surface area contributed by atoms with Gasteiger partial charge in [-0.15, -0.1) is 0 Å². The summed E-state index contributed by atoms with van der Waals surface area (Å²) in [5.74, 6) is 1.65. The summed E-state index contributed by atoms with van der Waals surface area (Å²) in [6.45, 7) is 0. The first-order chi connectivity index (χ1) is 9.31. The summed E-state index contributed by atoms with van der Waals surface area (Å²) in [5, 5.41) is 3.99. The van der Waals surface area contributed by atoms with E-state index >= 15 is 0 Å². The fraction of sp³-hybridized carbons (Fsp3) is 0. The van der Waals surface area contributed by atoms with Crippen molar-refractivity contribution in [3.8, 4) is 17.4 Å². The van der Waals surface area contributed by atoms with E-state index in [2.05, 4.69) is 20.1 Å². The average Bonchev–Trinajstić information content (AvgIpc) is 2.96. The molecule has 0 saturated heterocycles. The summed E-state index contributed by atoms with van der Waals surface area (Å²) < 4.78 is 7.13. The maximum absolute atomic E-state index is 5.61. The molecule has 0 bridgehead atoms. The van der Waals surface area contributed by atoms with Gasteiger partial charge in [0, 0.05) is 11.8 Å². The molecule has 0 fully saturated rings. The molecule has 0 aliphatic rings. The zero-order chi connectivity index (χ0) is 13.1. The number of ether oxygens (including phenoxy) is 1. The quantitative estimate of drug-likeness (QED) is 0.711. The zero-order valence-corrected chi connectivity index (χ0v) is 9.84. The number of aromatic nitrogens is 5. The van der Waals surface area contributed by atoms with Crippen molar-refractivity contribution in [1.82, 2.24) is 24.7 Å². The van der Waals surface area contributed by atoms with E-state index in [0.717, 1.165) is 0 Å². The van der Waals surface area contributed by atoms with Crippen LogP contribution in [0.4, 0.5) is 5.69 Å². The maximum Gasteiger partial charge on any atom is 0.224 e. The van der Waals surface area contributed by atoms with Gasteiger partial charge in [0.2, 0.25) is 5.88 Å². The minimum atomic E-state index is 0.422. The van der Waals surface area contributed by atoms with Gasteiger partial charge in [-0.2, -0.15) is 5.10 Å². The van der Waals surface area contributed by atoms with Crippen molar-refractivity contribution in [2.75, 3.05) is 5.73 Å². The second kappa shape index (κ2) is 4.73. The highest BCUT2D eigenvalue weighted by atomic mass is 16.5. The van der Waals surface area contributed by atoms with Crippen molar-refractivity contribution < 1.29 is 4.74 Å². The number of rotatable bonds is 3. The Labute approximate surface area is 108 Å². The first-order valence-corrected chi connectivity index (χ1v) is 5.52.